The molecule has 94 valence electrons. The van der Waals surface area contributed by atoms with Gasteiger partial charge in [0.25, 0.3) is 0 Å². The number of hydrogen-bond donors (Lipinski definition) is 1. The van der Waals surface area contributed by atoms with Gasteiger partial charge < -0.3 is 10.0 Å². The molecule has 0 saturated carbocycles. The van der Waals surface area contributed by atoms with Crippen molar-refractivity contribution in [2.75, 3.05) is 18.0 Å². The molecule has 1 N–H and O–H groups in total. The first-order valence-corrected chi connectivity index (χ1v) is 6.10. The van der Waals surface area contributed by atoms with Crippen molar-refractivity contribution in [1.82, 2.24) is 0 Å². The van der Waals surface area contributed by atoms with Gasteiger partial charge in [-0.25, -0.2) is 4.79 Å². The number of carbonyl (C=O) groups is 1. The Morgan fingerprint density at radius 3 is 2.61 bits per heavy atom. The number of piperidine rings is 1. The number of aromatic carboxylic acids is 1. The molecule has 4 heteroatoms. The Morgan fingerprint density at radius 1 is 1.44 bits per heavy atom. The van der Waals surface area contributed by atoms with Crippen LogP contribution in [0.2, 0.25) is 0 Å². The van der Waals surface area contributed by atoms with Gasteiger partial charge in [0.1, 0.15) is 0 Å². The van der Waals surface area contributed by atoms with Gasteiger partial charge in [-0.2, -0.15) is 5.26 Å². The van der Waals surface area contributed by atoms with Crippen LogP contribution < -0.4 is 4.90 Å². The molecule has 1 aromatic rings. The summed E-state index contributed by atoms with van der Waals surface area (Å²) in [7, 11) is 0. The number of benzene rings is 1. The molecule has 0 spiro atoms. The fourth-order valence-electron chi connectivity index (χ4n) is 2.39. The smallest absolute Gasteiger partial charge is 0.335 e. The van der Waals surface area contributed by atoms with Crippen LogP contribution >= 0.6 is 0 Å². The van der Waals surface area contributed by atoms with Gasteiger partial charge in [-0.05, 0) is 43.5 Å². The lowest BCUT2D eigenvalue weighted by atomic mass is 9.97. The SMILES string of the molecule is Cc1cc(C(=O)O)ccc1N1CCC(C#N)CC1. The highest BCUT2D eigenvalue weighted by atomic mass is 16.4. The molecule has 0 atom stereocenters. The van der Waals surface area contributed by atoms with Crippen LogP contribution in [0.15, 0.2) is 18.2 Å². The lowest BCUT2D eigenvalue weighted by molar-refractivity contribution is 0.0697. The molecule has 1 aliphatic rings. The van der Waals surface area contributed by atoms with Gasteiger partial charge in [-0.1, -0.05) is 0 Å². The predicted molar refractivity (Wildman–Crippen MR) is 68.7 cm³/mol. The summed E-state index contributed by atoms with van der Waals surface area (Å²) in [6, 6.07) is 7.52. The van der Waals surface area contributed by atoms with E-state index in [1.807, 2.05) is 13.0 Å². The largest absolute Gasteiger partial charge is 0.478 e. The van der Waals surface area contributed by atoms with Crippen LogP contribution in [0.5, 0.6) is 0 Å². The quantitative estimate of drug-likeness (QED) is 0.867. The minimum atomic E-state index is -0.896. The van der Waals surface area contributed by atoms with Gasteiger partial charge in [0.15, 0.2) is 0 Å². The Morgan fingerprint density at radius 2 is 2.11 bits per heavy atom. The van der Waals surface area contributed by atoms with Crippen LogP contribution in [0.4, 0.5) is 5.69 Å². The first kappa shape index (κ1) is 12.4. The highest BCUT2D eigenvalue weighted by Gasteiger charge is 2.20. The van der Waals surface area contributed by atoms with Crippen LogP contribution in [-0.4, -0.2) is 24.2 Å². The van der Waals surface area contributed by atoms with E-state index in [0.717, 1.165) is 37.2 Å². The molecule has 1 heterocycles. The number of anilines is 1. The number of aryl methyl sites for hydroxylation is 1. The lowest BCUT2D eigenvalue weighted by Crippen LogP contribution is -2.33. The van der Waals surface area contributed by atoms with E-state index in [2.05, 4.69) is 11.0 Å². The first-order chi connectivity index (χ1) is 8.61. The van der Waals surface area contributed by atoms with Gasteiger partial charge in [0.2, 0.25) is 0 Å². The molecule has 1 fully saturated rings. The zero-order chi connectivity index (χ0) is 13.1. The zero-order valence-electron chi connectivity index (χ0n) is 10.4. The average molecular weight is 244 g/mol. The summed E-state index contributed by atoms with van der Waals surface area (Å²) in [4.78, 5) is 13.1. The fraction of sp³-hybridized carbons (Fsp3) is 0.429. The molecule has 0 bridgehead atoms. The van der Waals surface area contributed by atoms with Gasteiger partial charge in [0, 0.05) is 24.7 Å². The van der Waals surface area contributed by atoms with Crippen molar-refractivity contribution in [2.24, 2.45) is 5.92 Å². The number of carboxylic acids is 1. The monoisotopic (exact) mass is 244 g/mol. The van der Waals surface area contributed by atoms with E-state index in [1.54, 1.807) is 12.1 Å². The summed E-state index contributed by atoms with van der Waals surface area (Å²) in [6.45, 7) is 3.66. The van der Waals surface area contributed by atoms with Gasteiger partial charge in [-0.15, -0.1) is 0 Å². The van der Waals surface area contributed by atoms with E-state index in [1.165, 1.54) is 0 Å². The maximum atomic E-state index is 10.9. The van der Waals surface area contributed by atoms with Crippen molar-refractivity contribution in [3.05, 3.63) is 29.3 Å². The molecule has 0 unspecified atom stereocenters. The van der Waals surface area contributed by atoms with Crippen molar-refractivity contribution < 1.29 is 9.90 Å². The van der Waals surface area contributed by atoms with Crippen molar-refractivity contribution >= 4 is 11.7 Å². The third kappa shape index (κ3) is 2.45. The molecular formula is C14H16N2O2. The lowest BCUT2D eigenvalue weighted by Gasteiger charge is -2.32. The predicted octanol–water partition coefficient (Wildman–Crippen LogP) is 2.43. The van der Waals surface area contributed by atoms with Crippen LogP contribution in [0, 0.1) is 24.2 Å². The molecule has 0 aliphatic carbocycles. The second kappa shape index (κ2) is 5.09. The number of nitriles is 1. The van der Waals surface area contributed by atoms with Crippen LogP contribution in [0.1, 0.15) is 28.8 Å². The van der Waals surface area contributed by atoms with Gasteiger partial charge >= 0.3 is 5.97 Å². The van der Waals surface area contributed by atoms with Crippen molar-refractivity contribution in [3.63, 3.8) is 0 Å². The normalized spacial score (nSPS) is 16.3. The third-order valence-electron chi connectivity index (χ3n) is 3.46. The molecule has 0 amide bonds. The molecule has 4 nitrogen and oxygen atoms in total. The van der Waals surface area contributed by atoms with E-state index in [9.17, 15) is 4.79 Å². The summed E-state index contributed by atoms with van der Waals surface area (Å²) < 4.78 is 0. The summed E-state index contributed by atoms with van der Waals surface area (Å²) in [5, 5.41) is 17.8. The van der Waals surface area contributed by atoms with Crippen LogP contribution in [0.25, 0.3) is 0 Å². The summed E-state index contributed by atoms with van der Waals surface area (Å²) in [5.74, 6) is -0.729. The Kier molecular flexibility index (Phi) is 3.52. The topological polar surface area (TPSA) is 64.3 Å². The number of hydrogen-bond acceptors (Lipinski definition) is 3. The molecule has 0 radical (unpaired) electrons. The molecule has 0 aromatic heterocycles. The standard InChI is InChI=1S/C14H16N2O2/c1-10-8-12(14(17)18)2-3-13(10)16-6-4-11(9-15)5-7-16/h2-3,8,11H,4-7H2,1H3,(H,17,18). The zero-order valence-corrected chi connectivity index (χ0v) is 10.4. The maximum absolute atomic E-state index is 10.9. The third-order valence-corrected chi connectivity index (χ3v) is 3.46. The summed E-state index contributed by atoms with van der Waals surface area (Å²) in [6.07, 6.45) is 1.77. The first-order valence-electron chi connectivity index (χ1n) is 6.10. The minimum Gasteiger partial charge on any atom is -0.478 e. The highest BCUT2D eigenvalue weighted by molar-refractivity contribution is 5.88. The van der Waals surface area contributed by atoms with E-state index in [0.29, 0.717) is 5.56 Å². The van der Waals surface area contributed by atoms with E-state index >= 15 is 0 Å². The Labute approximate surface area is 106 Å². The molecule has 1 aliphatic heterocycles. The molecule has 1 saturated heterocycles. The molecule has 1 aromatic carbocycles. The Hall–Kier alpha value is -2.02. The van der Waals surface area contributed by atoms with Crippen molar-refractivity contribution in [1.29, 1.82) is 5.26 Å². The van der Waals surface area contributed by atoms with Crippen molar-refractivity contribution in [2.45, 2.75) is 19.8 Å². The second-order valence-corrected chi connectivity index (χ2v) is 4.70. The summed E-state index contributed by atoms with van der Waals surface area (Å²) >= 11 is 0. The second-order valence-electron chi connectivity index (χ2n) is 4.70. The van der Waals surface area contributed by atoms with Crippen molar-refractivity contribution in [3.8, 4) is 6.07 Å². The van der Waals surface area contributed by atoms with Gasteiger partial charge in [-0.3, -0.25) is 0 Å². The highest BCUT2D eigenvalue weighted by Crippen LogP contribution is 2.26. The molecular weight excluding hydrogens is 228 g/mol. The van der Waals surface area contributed by atoms with Crippen LogP contribution in [0.3, 0.4) is 0 Å². The molecule has 18 heavy (non-hydrogen) atoms. The van der Waals surface area contributed by atoms with E-state index < -0.39 is 5.97 Å². The van der Waals surface area contributed by atoms with Gasteiger partial charge in [0.05, 0.1) is 11.6 Å². The number of rotatable bonds is 2. The summed E-state index contributed by atoms with van der Waals surface area (Å²) in [5.41, 5.74) is 2.38. The maximum Gasteiger partial charge on any atom is 0.335 e. The minimum absolute atomic E-state index is 0.167. The number of nitrogens with zero attached hydrogens (tertiary/aromatic N) is 2. The fourth-order valence-corrected chi connectivity index (χ4v) is 2.39. The Balaban J connectivity index is 2.15. The van der Waals surface area contributed by atoms with E-state index in [4.69, 9.17) is 10.4 Å². The molecule has 2 rings (SSSR count). The average Bonchev–Trinajstić information content (AvgIpc) is 2.38. The van der Waals surface area contributed by atoms with Crippen LogP contribution in [-0.2, 0) is 0 Å². The Bertz CT molecular complexity index is 497. The van der Waals surface area contributed by atoms with E-state index in [-0.39, 0.29) is 5.92 Å². The number of carboxylic acid groups (broad SMARTS) is 1.